The Morgan fingerprint density at radius 2 is 1.83 bits per heavy atom. The number of hydrogen-bond acceptors (Lipinski definition) is 4. The van der Waals surface area contributed by atoms with E-state index in [-0.39, 0.29) is 0 Å². The largest absolute Gasteiger partial charge is 0.397 e. The fourth-order valence-corrected chi connectivity index (χ4v) is 3.14. The van der Waals surface area contributed by atoms with Crippen LogP contribution in [-0.2, 0) is 0 Å². The second-order valence-corrected chi connectivity index (χ2v) is 6.05. The quantitative estimate of drug-likeness (QED) is 0.649. The number of benzene rings is 2. The number of aromatic nitrogens is 2. The zero-order valence-electron chi connectivity index (χ0n) is 13.5. The van der Waals surface area contributed by atoms with E-state index in [9.17, 15) is 0 Å². The highest BCUT2D eigenvalue weighted by atomic mass is 15.2. The van der Waals surface area contributed by atoms with Crippen molar-refractivity contribution >= 4 is 34.4 Å². The summed E-state index contributed by atoms with van der Waals surface area (Å²) in [5, 5.41) is 12.0. The predicted molar refractivity (Wildman–Crippen MR) is 101 cm³/mol. The lowest BCUT2D eigenvalue weighted by atomic mass is 10.1. The first-order valence-electron chi connectivity index (χ1n) is 8.28. The number of anilines is 2. The van der Waals surface area contributed by atoms with Crippen LogP contribution in [0.2, 0.25) is 0 Å². The van der Waals surface area contributed by atoms with Crippen LogP contribution in [-0.4, -0.2) is 36.4 Å². The Labute approximate surface area is 141 Å². The fourth-order valence-electron chi connectivity index (χ4n) is 3.14. The van der Waals surface area contributed by atoms with E-state index in [0.29, 0.717) is 0 Å². The molecule has 0 atom stereocenters. The highest BCUT2D eigenvalue weighted by Gasteiger charge is 2.15. The van der Waals surface area contributed by atoms with E-state index in [0.717, 1.165) is 59.7 Å². The van der Waals surface area contributed by atoms with Gasteiger partial charge in [0.15, 0.2) is 0 Å². The summed E-state index contributed by atoms with van der Waals surface area (Å²) in [5.74, 6) is 0. The van der Waals surface area contributed by atoms with Crippen LogP contribution in [0.5, 0.6) is 0 Å². The molecule has 5 heteroatoms. The molecule has 1 aliphatic heterocycles. The van der Waals surface area contributed by atoms with Crippen molar-refractivity contribution in [3.05, 3.63) is 53.7 Å². The zero-order chi connectivity index (χ0) is 16.4. The molecule has 1 aliphatic rings. The summed E-state index contributed by atoms with van der Waals surface area (Å²) in [6.45, 7) is 3.94. The molecule has 24 heavy (non-hydrogen) atoms. The number of nitrogens with two attached hydrogens (primary N) is 1. The molecule has 4 rings (SSSR count). The maximum atomic E-state index is 6.33. The summed E-state index contributed by atoms with van der Waals surface area (Å²) >= 11 is 0. The van der Waals surface area contributed by atoms with Crippen molar-refractivity contribution in [1.29, 1.82) is 0 Å². The number of rotatable bonds is 3. The summed E-state index contributed by atoms with van der Waals surface area (Å²) in [4.78, 5) is 2.32. The molecule has 0 spiro atoms. The zero-order valence-corrected chi connectivity index (χ0v) is 13.5. The molecule has 0 saturated carbocycles. The first-order valence-corrected chi connectivity index (χ1v) is 8.28. The Bertz CT molecular complexity index is 860. The number of nitrogens with zero attached hydrogens (tertiary/aromatic N) is 2. The summed E-state index contributed by atoms with van der Waals surface area (Å²) in [6, 6.07) is 14.4. The third-order valence-corrected chi connectivity index (χ3v) is 4.43. The van der Waals surface area contributed by atoms with E-state index in [1.54, 1.807) is 0 Å². The van der Waals surface area contributed by atoms with E-state index in [4.69, 9.17) is 5.73 Å². The average molecular weight is 319 g/mol. The second kappa shape index (κ2) is 6.37. The second-order valence-electron chi connectivity index (χ2n) is 6.05. The standard InChI is InChI=1S/C19H21N5/c20-16-12-15-17(7-6-14-4-2-1-3-5-14)22-23-18(15)13-19(16)24-10-8-21-9-11-24/h1-7,12-13,21H,8-11,20H2,(H,22,23)/b7-6+. The number of hydrogen-bond donors (Lipinski definition) is 3. The number of nitrogen functional groups attached to an aromatic ring is 1. The van der Waals surface area contributed by atoms with Gasteiger partial charge in [0.2, 0.25) is 0 Å². The Kier molecular flexibility index (Phi) is 3.92. The monoisotopic (exact) mass is 319 g/mol. The van der Waals surface area contributed by atoms with Crippen LogP contribution in [0.3, 0.4) is 0 Å². The Hall–Kier alpha value is -2.79. The molecule has 0 unspecified atom stereocenters. The van der Waals surface area contributed by atoms with Crippen molar-refractivity contribution in [3.8, 4) is 0 Å². The van der Waals surface area contributed by atoms with Crippen LogP contribution in [0.25, 0.3) is 23.1 Å². The fraction of sp³-hybridized carbons (Fsp3) is 0.211. The lowest BCUT2D eigenvalue weighted by molar-refractivity contribution is 0.590. The van der Waals surface area contributed by atoms with E-state index >= 15 is 0 Å². The SMILES string of the molecule is Nc1cc2c(/C=C/c3ccccc3)n[nH]c2cc1N1CCNCC1. The normalized spacial score (nSPS) is 15.4. The van der Waals surface area contributed by atoms with Gasteiger partial charge in [0.25, 0.3) is 0 Å². The first kappa shape index (κ1) is 14.8. The topological polar surface area (TPSA) is 70.0 Å². The van der Waals surface area contributed by atoms with E-state index in [1.807, 2.05) is 30.3 Å². The molecule has 1 saturated heterocycles. The lowest BCUT2D eigenvalue weighted by Gasteiger charge is -2.30. The summed E-state index contributed by atoms with van der Waals surface area (Å²) in [7, 11) is 0. The van der Waals surface area contributed by atoms with Crippen LogP contribution in [0, 0.1) is 0 Å². The molecule has 0 amide bonds. The van der Waals surface area contributed by atoms with Gasteiger partial charge in [-0.25, -0.2) is 0 Å². The Morgan fingerprint density at radius 3 is 2.62 bits per heavy atom. The highest BCUT2D eigenvalue weighted by molar-refractivity contribution is 5.95. The first-order chi connectivity index (χ1) is 11.8. The van der Waals surface area contributed by atoms with Crippen molar-refractivity contribution in [2.45, 2.75) is 0 Å². The molecule has 0 bridgehead atoms. The minimum atomic E-state index is 0.806. The maximum Gasteiger partial charge on any atom is 0.0928 e. The van der Waals surface area contributed by atoms with E-state index < -0.39 is 0 Å². The molecule has 2 heterocycles. The van der Waals surface area contributed by atoms with Crippen molar-refractivity contribution < 1.29 is 0 Å². The van der Waals surface area contributed by atoms with Crippen LogP contribution in [0.15, 0.2) is 42.5 Å². The molecule has 0 aliphatic carbocycles. The van der Waals surface area contributed by atoms with Gasteiger partial charge in [-0.3, -0.25) is 5.10 Å². The molecule has 1 fully saturated rings. The Morgan fingerprint density at radius 1 is 1.04 bits per heavy atom. The van der Waals surface area contributed by atoms with Crippen LogP contribution < -0.4 is 16.0 Å². The van der Waals surface area contributed by atoms with Crippen molar-refractivity contribution in [3.63, 3.8) is 0 Å². The van der Waals surface area contributed by atoms with Gasteiger partial charge in [0, 0.05) is 31.6 Å². The van der Waals surface area contributed by atoms with Crippen LogP contribution in [0.1, 0.15) is 11.3 Å². The van der Waals surface area contributed by atoms with Crippen molar-refractivity contribution in [2.24, 2.45) is 0 Å². The summed E-state index contributed by atoms with van der Waals surface area (Å²) in [6.07, 6.45) is 4.09. The third-order valence-electron chi connectivity index (χ3n) is 4.43. The van der Waals surface area contributed by atoms with Gasteiger partial charge in [-0.15, -0.1) is 0 Å². The molecule has 2 aromatic carbocycles. The van der Waals surface area contributed by atoms with Gasteiger partial charge in [-0.05, 0) is 23.8 Å². The molecule has 0 radical (unpaired) electrons. The predicted octanol–water partition coefficient (Wildman–Crippen LogP) is 2.73. The minimum absolute atomic E-state index is 0.806. The summed E-state index contributed by atoms with van der Waals surface area (Å²) in [5.41, 5.74) is 11.3. The van der Waals surface area contributed by atoms with Gasteiger partial charge in [0.05, 0.1) is 22.6 Å². The average Bonchev–Trinajstić information content (AvgIpc) is 3.03. The Balaban J connectivity index is 1.67. The van der Waals surface area contributed by atoms with Crippen molar-refractivity contribution in [2.75, 3.05) is 36.8 Å². The molecule has 5 nitrogen and oxygen atoms in total. The molecular formula is C19H21N5. The smallest absolute Gasteiger partial charge is 0.0928 e. The minimum Gasteiger partial charge on any atom is -0.397 e. The van der Waals surface area contributed by atoms with Gasteiger partial charge in [0.1, 0.15) is 0 Å². The number of piperazine rings is 1. The molecule has 1 aromatic heterocycles. The third kappa shape index (κ3) is 2.86. The number of H-pyrrole nitrogens is 1. The van der Waals surface area contributed by atoms with Gasteiger partial charge < -0.3 is 16.0 Å². The molecule has 122 valence electrons. The van der Waals surface area contributed by atoms with E-state index in [1.165, 1.54) is 0 Å². The highest BCUT2D eigenvalue weighted by Crippen LogP contribution is 2.30. The molecular weight excluding hydrogens is 298 g/mol. The number of nitrogens with one attached hydrogen (secondary N) is 2. The number of fused-ring (bicyclic) bond motifs is 1. The molecule has 3 aromatic rings. The molecule has 4 N–H and O–H groups in total. The number of aromatic amines is 1. The van der Waals surface area contributed by atoms with Crippen LogP contribution in [0.4, 0.5) is 11.4 Å². The van der Waals surface area contributed by atoms with Crippen molar-refractivity contribution in [1.82, 2.24) is 15.5 Å². The van der Waals surface area contributed by atoms with Crippen LogP contribution >= 0.6 is 0 Å². The lowest BCUT2D eigenvalue weighted by Crippen LogP contribution is -2.43. The van der Waals surface area contributed by atoms with Gasteiger partial charge in [-0.1, -0.05) is 36.4 Å². The van der Waals surface area contributed by atoms with E-state index in [2.05, 4.69) is 44.7 Å². The van der Waals surface area contributed by atoms with Gasteiger partial charge >= 0.3 is 0 Å². The van der Waals surface area contributed by atoms with Gasteiger partial charge in [-0.2, -0.15) is 5.10 Å². The summed E-state index contributed by atoms with van der Waals surface area (Å²) < 4.78 is 0. The maximum absolute atomic E-state index is 6.33.